The molecule has 1 aromatic carbocycles. The molecule has 1 heteroatoms. The first kappa shape index (κ1) is 16.4. The molecule has 21 heavy (non-hydrogen) atoms. The first-order chi connectivity index (χ1) is 10.2. The van der Waals surface area contributed by atoms with Crippen molar-refractivity contribution < 1.29 is 5.11 Å². The van der Waals surface area contributed by atoms with E-state index in [4.69, 9.17) is 0 Å². The number of rotatable bonds is 7. The minimum Gasteiger partial charge on any atom is -0.507 e. The molecular weight excluding hydrogens is 256 g/mol. The van der Waals surface area contributed by atoms with Crippen molar-refractivity contribution in [1.82, 2.24) is 0 Å². The first-order valence-electron chi connectivity index (χ1n) is 9.04. The van der Waals surface area contributed by atoms with Gasteiger partial charge in [0.15, 0.2) is 0 Å². The second-order valence-corrected chi connectivity index (χ2v) is 6.85. The highest BCUT2D eigenvalue weighted by atomic mass is 16.3. The van der Waals surface area contributed by atoms with Gasteiger partial charge in [0.25, 0.3) is 0 Å². The Bertz CT molecular complexity index is 430. The van der Waals surface area contributed by atoms with E-state index >= 15 is 0 Å². The number of hydrogen-bond acceptors (Lipinski definition) is 1. The fraction of sp³-hybridized carbons (Fsp3) is 0.700. The third-order valence-corrected chi connectivity index (χ3v) is 5.00. The van der Waals surface area contributed by atoms with Gasteiger partial charge in [-0.1, -0.05) is 64.0 Å². The van der Waals surface area contributed by atoms with Crippen LogP contribution in [0.5, 0.6) is 5.75 Å². The van der Waals surface area contributed by atoms with Crippen molar-refractivity contribution in [2.24, 2.45) is 0 Å². The van der Waals surface area contributed by atoms with Gasteiger partial charge in [0, 0.05) is 0 Å². The Morgan fingerprint density at radius 2 is 1.71 bits per heavy atom. The van der Waals surface area contributed by atoms with Gasteiger partial charge in [-0.2, -0.15) is 0 Å². The summed E-state index contributed by atoms with van der Waals surface area (Å²) in [6.07, 6.45) is 14.4. The lowest BCUT2D eigenvalue weighted by Crippen LogP contribution is -2.06. The lowest BCUT2D eigenvalue weighted by Gasteiger charge is -2.24. The zero-order valence-corrected chi connectivity index (χ0v) is 14.0. The fourth-order valence-corrected chi connectivity index (χ4v) is 3.69. The summed E-state index contributed by atoms with van der Waals surface area (Å²) < 4.78 is 0. The first-order valence-corrected chi connectivity index (χ1v) is 9.04. The molecule has 1 fully saturated rings. The molecule has 0 atom stereocenters. The number of unbranched alkanes of at least 4 members (excludes halogenated alkanes) is 4. The summed E-state index contributed by atoms with van der Waals surface area (Å²) >= 11 is 0. The molecule has 0 aromatic heterocycles. The monoisotopic (exact) mass is 288 g/mol. The summed E-state index contributed by atoms with van der Waals surface area (Å²) in [4.78, 5) is 0. The van der Waals surface area contributed by atoms with Crippen molar-refractivity contribution >= 4 is 0 Å². The van der Waals surface area contributed by atoms with Crippen LogP contribution in [0.15, 0.2) is 12.1 Å². The molecule has 1 saturated carbocycles. The molecule has 0 unspecified atom stereocenters. The average Bonchev–Trinajstić information content (AvgIpc) is 2.51. The zero-order valence-electron chi connectivity index (χ0n) is 14.0. The van der Waals surface area contributed by atoms with E-state index in [-0.39, 0.29) is 0 Å². The molecule has 0 bridgehead atoms. The summed E-state index contributed by atoms with van der Waals surface area (Å²) in [5.74, 6) is 1.16. The van der Waals surface area contributed by atoms with Gasteiger partial charge in [0.1, 0.15) is 5.75 Å². The Morgan fingerprint density at radius 1 is 1.00 bits per heavy atom. The molecule has 1 aliphatic carbocycles. The lowest BCUT2D eigenvalue weighted by atomic mass is 9.82. The summed E-state index contributed by atoms with van der Waals surface area (Å²) in [5, 5.41) is 10.4. The summed E-state index contributed by atoms with van der Waals surface area (Å²) in [7, 11) is 0. The topological polar surface area (TPSA) is 20.2 Å². The maximum absolute atomic E-state index is 10.4. The summed E-state index contributed by atoms with van der Waals surface area (Å²) in [6.45, 7) is 4.32. The summed E-state index contributed by atoms with van der Waals surface area (Å²) in [6, 6.07) is 4.50. The molecule has 0 heterocycles. The van der Waals surface area contributed by atoms with E-state index in [1.54, 1.807) is 0 Å². The van der Waals surface area contributed by atoms with Crippen LogP contribution in [0.4, 0.5) is 0 Å². The molecule has 1 aliphatic rings. The third kappa shape index (κ3) is 4.76. The molecule has 0 amide bonds. The van der Waals surface area contributed by atoms with E-state index in [0.717, 1.165) is 5.56 Å². The highest BCUT2D eigenvalue weighted by molar-refractivity contribution is 5.45. The van der Waals surface area contributed by atoms with E-state index in [1.165, 1.54) is 81.8 Å². The SMILES string of the molecule is CCCCCCCc1cc(C)c(O)c(C2CCCCC2)c1. The minimum absolute atomic E-state index is 0.566. The van der Waals surface area contributed by atoms with E-state index in [0.29, 0.717) is 11.7 Å². The molecule has 0 radical (unpaired) electrons. The van der Waals surface area contributed by atoms with Crippen LogP contribution in [0, 0.1) is 6.92 Å². The molecule has 1 nitrogen and oxygen atoms in total. The molecule has 0 saturated heterocycles. The number of benzene rings is 1. The number of hydrogen-bond donors (Lipinski definition) is 1. The Balaban J connectivity index is 2.00. The van der Waals surface area contributed by atoms with Crippen molar-refractivity contribution in [3.05, 3.63) is 28.8 Å². The van der Waals surface area contributed by atoms with Gasteiger partial charge in [-0.05, 0) is 55.2 Å². The third-order valence-electron chi connectivity index (χ3n) is 5.00. The van der Waals surface area contributed by atoms with Gasteiger partial charge in [0.2, 0.25) is 0 Å². The Hall–Kier alpha value is -0.980. The number of aryl methyl sites for hydroxylation is 2. The van der Waals surface area contributed by atoms with Crippen molar-refractivity contribution in [3.8, 4) is 5.75 Å². The normalized spacial score (nSPS) is 16.3. The quantitative estimate of drug-likeness (QED) is 0.587. The van der Waals surface area contributed by atoms with Crippen LogP contribution in [0.3, 0.4) is 0 Å². The zero-order chi connectivity index (χ0) is 15.1. The molecule has 0 aliphatic heterocycles. The Morgan fingerprint density at radius 3 is 2.43 bits per heavy atom. The maximum atomic E-state index is 10.4. The van der Waals surface area contributed by atoms with E-state index in [1.807, 2.05) is 0 Å². The molecule has 118 valence electrons. The van der Waals surface area contributed by atoms with Crippen LogP contribution in [0.1, 0.15) is 93.7 Å². The average molecular weight is 288 g/mol. The van der Waals surface area contributed by atoms with Crippen molar-refractivity contribution in [3.63, 3.8) is 0 Å². The Kier molecular flexibility index (Phi) is 6.60. The van der Waals surface area contributed by atoms with E-state index < -0.39 is 0 Å². The highest BCUT2D eigenvalue weighted by Crippen LogP contribution is 2.39. The second-order valence-electron chi connectivity index (χ2n) is 6.85. The standard InChI is InChI=1S/C20H32O/c1-3-4-5-6-8-11-17-14-16(2)20(21)19(15-17)18-12-9-7-10-13-18/h14-15,18,21H,3-13H2,1-2H3. The fourth-order valence-electron chi connectivity index (χ4n) is 3.69. The van der Waals surface area contributed by atoms with E-state index in [9.17, 15) is 5.11 Å². The molecule has 0 spiro atoms. The van der Waals surface area contributed by atoms with Crippen LogP contribution in [0.2, 0.25) is 0 Å². The van der Waals surface area contributed by atoms with Gasteiger partial charge in [-0.3, -0.25) is 0 Å². The summed E-state index contributed by atoms with van der Waals surface area (Å²) in [5.41, 5.74) is 3.74. The number of phenolic OH excluding ortho intramolecular Hbond substituents is 1. The minimum atomic E-state index is 0.566. The number of phenols is 1. The van der Waals surface area contributed by atoms with Crippen LogP contribution >= 0.6 is 0 Å². The maximum Gasteiger partial charge on any atom is 0.121 e. The second kappa shape index (κ2) is 8.46. The van der Waals surface area contributed by atoms with Crippen LogP contribution in [0.25, 0.3) is 0 Å². The molecule has 1 aromatic rings. The van der Waals surface area contributed by atoms with Crippen molar-refractivity contribution in [2.75, 3.05) is 0 Å². The van der Waals surface area contributed by atoms with Gasteiger partial charge in [0.05, 0.1) is 0 Å². The lowest BCUT2D eigenvalue weighted by molar-refractivity contribution is 0.412. The number of aromatic hydroxyl groups is 1. The molecule has 2 rings (SSSR count). The van der Waals surface area contributed by atoms with Crippen LogP contribution < -0.4 is 0 Å². The van der Waals surface area contributed by atoms with Crippen LogP contribution in [-0.4, -0.2) is 5.11 Å². The van der Waals surface area contributed by atoms with Gasteiger partial charge < -0.3 is 5.11 Å². The van der Waals surface area contributed by atoms with Crippen LogP contribution in [-0.2, 0) is 6.42 Å². The van der Waals surface area contributed by atoms with Crippen molar-refractivity contribution in [2.45, 2.75) is 90.4 Å². The van der Waals surface area contributed by atoms with Crippen molar-refractivity contribution in [1.29, 1.82) is 0 Å². The predicted molar refractivity (Wildman–Crippen MR) is 91.1 cm³/mol. The largest absolute Gasteiger partial charge is 0.507 e. The molecule has 1 N–H and O–H groups in total. The van der Waals surface area contributed by atoms with Gasteiger partial charge >= 0.3 is 0 Å². The smallest absolute Gasteiger partial charge is 0.121 e. The highest BCUT2D eigenvalue weighted by Gasteiger charge is 2.20. The Labute approximate surface area is 130 Å². The predicted octanol–water partition coefficient (Wildman–Crippen LogP) is 6.26. The van der Waals surface area contributed by atoms with Gasteiger partial charge in [-0.15, -0.1) is 0 Å². The van der Waals surface area contributed by atoms with E-state index in [2.05, 4.69) is 26.0 Å². The van der Waals surface area contributed by atoms with Gasteiger partial charge in [-0.25, -0.2) is 0 Å². The molecular formula is C20H32O.